The fraction of sp³-hybridized carbons (Fsp3) is 0.692. The lowest BCUT2D eigenvalue weighted by molar-refractivity contribution is 0.226. The molecule has 0 amide bonds. The molecule has 2 heterocycles. The Hall–Kier alpha value is -1.36. The predicted molar refractivity (Wildman–Crippen MR) is 69.0 cm³/mol. The molecule has 1 aromatic rings. The van der Waals surface area contributed by atoms with Gasteiger partial charge in [-0.2, -0.15) is 4.98 Å². The van der Waals surface area contributed by atoms with Crippen LogP contribution < -0.4 is 14.8 Å². The number of ether oxygens (including phenoxy) is 2. The topological polar surface area (TPSA) is 56.3 Å². The summed E-state index contributed by atoms with van der Waals surface area (Å²) < 4.78 is 11.1. The Bertz CT molecular complexity index is 354. The van der Waals surface area contributed by atoms with Gasteiger partial charge in [-0.3, -0.25) is 4.98 Å². The van der Waals surface area contributed by atoms with Gasteiger partial charge < -0.3 is 14.8 Å². The molecule has 1 atom stereocenters. The highest BCUT2D eigenvalue weighted by molar-refractivity contribution is 5.12. The maximum absolute atomic E-state index is 5.65. The first-order chi connectivity index (χ1) is 8.88. The van der Waals surface area contributed by atoms with Crippen LogP contribution in [0.3, 0.4) is 0 Å². The van der Waals surface area contributed by atoms with Gasteiger partial charge in [0.15, 0.2) is 0 Å². The lowest BCUT2D eigenvalue weighted by Crippen LogP contribution is -2.38. The zero-order valence-corrected chi connectivity index (χ0v) is 10.9. The van der Waals surface area contributed by atoms with E-state index in [-0.39, 0.29) is 0 Å². The molecule has 5 heteroatoms. The summed E-state index contributed by atoms with van der Waals surface area (Å²) in [6.45, 7) is 4.44. The molecule has 1 N–H and O–H groups in total. The summed E-state index contributed by atoms with van der Waals surface area (Å²) >= 11 is 0. The van der Waals surface area contributed by atoms with Crippen LogP contribution in [0, 0.1) is 0 Å². The van der Waals surface area contributed by atoms with Crippen molar-refractivity contribution in [2.45, 2.75) is 38.6 Å². The summed E-state index contributed by atoms with van der Waals surface area (Å²) in [7, 11) is 0. The molecule has 1 unspecified atom stereocenters. The standard InChI is InChI=1S/C13H21N3O2/c1-2-7-17-12-8-14-9-13(16-12)18-10-11-5-3-4-6-15-11/h8-9,11,15H,2-7,10H2,1H3. The van der Waals surface area contributed by atoms with Gasteiger partial charge in [0.1, 0.15) is 6.61 Å². The van der Waals surface area contributed by atoms with E-state index < -0.39 is 0 Å². The fourth-order valence-electron chi connectivity index (χ4n) is 1.93. The maximum Gasteiger partial charge on any atom is 0.235 e. The minimum atomic E-state index is 0.431. The summed E-state index contributed by atoms with van der Waals surface area (Å²) in [5, 5.41) is 3.43. The molecule has 1 aliphatic rings. The second-order valence-electron chi connectivity index (χ2n) is 4.50. The monoisotopic (exact) mass is 251 g/mol. The number of piperidine rings is 1. The van der Waals surface area contributed by atoms with Gasteiger partial charge in [-0.05, 0) is 25.8 Å². The predicted octanol–water partition coefficient (Wildman–Crippen LogP) is 1.79. The molecule has 0 radical (unpaired) electrons. The third-order valence-electron chi connectivity index (χ3n) is 2.89. The Kier molecular flexibility index (Phi) is 5.20. The van der Waals surface area contributed by atoms with Crippen molar-refractivity contribution in [1.29, 1.82) is 0 Å². The van der Waals surface area contributed by atoms with Crippen LogP contribution in [0.15, 0.2) is 12.4 Å². The molecule has 100 valence electrons. The van der Waals surface area contributed by atoms with Crippen molar-refractivity contribution in [3.63, 3.8) is 0 Å². The van der Waals surface area contributed by atoms with E-state index in [1.165, 1.54) is 19.3 Å². The van der Waals surface area contributed by atoms with E-state index in [1.54, 1.807) is 12.4 Å². The van der Waals surface area contributed by atoms with Gasteiger partial charge in [-0.15, -0.1) is 0 Å². The van der Waals surface area contributed by atoms with Crippen molar-refractivity contribution in [3.05, 3.63) is 12.4 Å². The summed E-state index contributed by atoms with van der Waals surface area (Å²) in [5.74, 6) is 1.07. The van der Waals surface area contributed by atoms with Crippen LogP contribution in [0.4, 0.5) is 0 Å². The molecule has 1 aromatic heterocycles. The molecule has 1 aliphatic heterocycles. The average Bonchev–Trinajstić information content (AvgIpc) is 2.44. The molecule has 0 spiro atoms. The second kappa shape index (κ2) is 7.16. The SMILES string of the molecule is CCCOc1cncc(OCC2CCCCN2)n1. The van der Waals surface area contributed by atoms with Crippen LogP contribution in [-0.2, 0) is 0 Å². The molecule has 2 rings (SSSR count). The third kappa shape index (κ3) is 4.14. The van der Waals surface area contributed by atoms with Crippen molar-refractivity contribution < 1.29 is 9.47 Å². The summed E-state index contributed by atoms with van der Waals surface area (Å²) in [5.41, 5.74) is 0. The maximum atomic E-state index is 5.65. The molecular weight excluding hydrogens is 230 g/mol. The van der Waals surface area contributed by atoms with Crippen molar-refractivity contribution >= 4 is 0 Å². The number of rotatable bonds is 6. The normalized spacial score (nSPS) is 19.5. The molecule has 0 saturated carbocycles. The van der Waals surface area contributed by atoms with E-state index in [0.717, 1.165) is 13.0 Å². The van der Waals surface area contributed by atoms with E-state index in [9.17, 15) is 0 Å². The number of nitrogens with one attached hydrogen (secondary N) is 1. The van der Waals surface area contributed by atoms with Gasteiger partial charge in [0.2, 0.25) is 11.8 Å². The highest BCUT2D eigenvalue weighted by Gasteiger charge is 2.13. The molecule has 0 bridgehead atoms. The number of hydrogen-bond acceptors (Lipinski definition) is 5. The van der Waals surface area contributed by atoms with Crippen LogP contribution in [0.2, 0.25) is 0 Å². The smallest absolute Gasteiger partial charge is 0.235 e. The number of aromatic nitrogens is 2. The van der Waals surface area contributed by atoms with Crippen molar-refractivity contribution in [3.8, 4) is 11.8 Å². The number of nitrogens with zero attached hydrogens (tertiary/aromatic N) is 2. The summed E-state index contributed by atoms with van der Waals surface area (Å²) in [4.78, 5) is 8.33. The Balaban J connectivity index is 1.80. The first-order valence-electron chi connectivity index (χ1n) is 6.69. The highest BCUT2D eigenvalue weighted by atomic mass is 16.5. The largest absolute Gasteiger partial charge is 0.477 e. The van der Waals surface area contributed by atoms with Crippen LogP contribution >= 0.6 is 0 Å². The van der Waals surface area contributed by atoms with Gasteiger partial charge in [0.25, 0.3) is 0 Å². The molecule has 1 fully saturated rings. The Morgan fingerprint density at radius 2 is 2.11 bits per heavy atom. The van der Waals surface area contributed by atoms with Gasteiger partial charge in [0, 0.05) is 6.04 Å². The molecule has 0 aliphatic carbocycles. The number of hydrogen-bond donors (Lipinski definition) is 1. The van der Waals surface area contributed by atoms with E-state index in [2.05, 4.69) is 22.2 Å². The van der Waals surface area contributed by atoms with Crippen molar-refractivity contribution in [1.82, 2.24) is 15.3 Å². The minimum Gasteiger partial charge on any atom is -0.477 e. The van der Waals surface area contributed by atoms with Gasteiger partial charge in [-0.1, -0.05) is 13.3 Å². The van der Waals surface area contributed by atoms with E-state index in [4.69, 9.17) is 9.47 Å². The van der Waals surface area contributed by atoms with E-state index in [0.29, 0.717) is 31.0 Å². The summed E-state index contributed by atoms with van der Waals surface area (Å²) in [6.07, 6.45) is 7.89. The zero-order chi connectivity index (χ0) is 12.6. The molecule has 1 saturated heterocycles. The third-order valence-corrected chi connectivity index (χ3v) is 2.89. The summed E-state index contributed by atoms with van der Waals surface area (Å²) in [6, 6.07) is 0.431. The minimum absolute atomic E-state index is 0.431. The van der Waals surface area contributed by atoms with Crippen LogP contribution in [0.25, 0.3) is 0 Å². The Morgan fingerprint density at radius 3 is 2.83 bits per heavy atom. The second-order valence-corrected chi connectivity index (χ2v) is 4.50. The van der Waals surface area contributed by atoms with Gasteiger partial charge >= 0.3 is 0 Å². The molecule has 0 aromatic carbocycles. The zero-order valence-electron chi connectivity index (χ0n) is 10.9. The first-order valence-corrected chi connectivity index (χ1v) is 6.69. The molecule has 18 heavy (non-hydrogen) atoms. The van der Waals surface area contributed by atoms with Gasteiger partial charge in [0.05, 0.1) is 19.0 Å². The first kappa shape index (κ1) is 13.1. The van der Waals surface area contributed by atoms with E-state index >= 15 is 0 Å². The molecular formula is C13H21N3O2. The average molecular weight is 251 g/mol. The van der Waals surface area contributed by atoms with Gasteiger partial charge in [-0.25, -0.2) is 0 Å². The van der Waals surface area contributed by atoms with E-state index in [1.807, 2.05) is 0 Å². The molecule has 5 nitrogen and oxygen atoms in total. The lowest BCUT2D eigenvalue weighted by Gasteiger charge is -2.23. The Labute approximate surface area is 108 Å². The fourth-order valence-corrected chi connectivity index (χ4v) is 1.93. The highest BCUT2D eigenvalue weighted by Crippen LogP contribution is 2.13. The van der Waals surface area contributed by atoms with Crippen molar-refractivity contribution in [2.24, 2.45) is 0 Å². The van der Waals surface area contributed by atoms with Crippen LogP contribution in [-0.4, -0.2) is 35.8 Å². The van der Waals surface area contributed by atoms with Crippen LogP contribution in [0.1, 0.15) is 32.6 Å². The van der Waals surface area contributed by atoms with Crippen molar-refractivity contribution in [2.75, 3.05) is 19.8 Å². The van der Waals surface area contributed by atoms with Crippen LogP contribution in [0.5, 0.6) is 11.8 Å². The lowest BCUT2D eigenvalue weighted by atomic mass is 10.1. The quantitative estimate of drug-likeness (QED) is 0.835. The Morgan fingerprint density at radius 1 is 1.28 bits per heavy atom.